The second-order valence-corrected chi connectivity index (χ2v) is 7.80. The largest absolute Gasteiger partial charge is 0.507 e. The van der Waals surface area contributed by atoms with E-state index < -0.39 is 6.16 Å². The van der Waals surface area contributed by atoms with Crippen molar-refractivity contribution in [2.45, 2.75) is 66.2 Å². The lowest BCUT2D eigenvalue weighted by molar-refractivity contribution is -0.140. The maximum Gasteiger partial charge on any atom is 0.507 e. The second kappa shape index (κ2) is 17.1. The minimum Gasteiger partial charge on any atom is -0.469 e. The number of ether oxygens (including phenoxy) is 3. The van der Waals surface area contributed by atoms with Crippen LogP contribution in [0.2, 0.25) is 0 Å². The normalized spacial score (nSPS) is 9.89. The quantitative estimate of drug-likeness (QED) is 0.253. The number of methoxy groups -OCH3 is 2. The number of unbranched alkanes of at least 4 members (excludes halogenated alkanes) is 3. The number of esters is 1. The van der Waals surface area contributed by atoms with Crippen LogP contribution in [0.15, 0.2) is 40.9 Å². The molecule has 0 bridgehead atoms. The molecule has 35 heavy (non-hydrogen) atoms. The lowest BCUT2D eigenvalue weighted by atomic mass is 10.00. The average molecular weight is 487 g/mol. The first-order valence-electron chi connectivity index (χ1n) is 11.9. The standard InChI is InChI=1S/C14H12N2O.C7H14O2.C6H12O3/c1-9-7-8-13(14-15-10(2)17-16-14)12-6-4-3-5-11(9)12;1-3-4-5-6-7(8)9-2;1-3-4-5-9-6(7)8-2/h3-8H,1-2H3;3-6H2,1-2H3;3-5H2,1-2H3. The molecule has 0 N–H and O–H groups in total. The first-order chi connectivity index (χ1) is 16.9. The van der Waals surface area contributed by atoms with Crippen molar-refractivity contribution < 1.29 is 28.3 Å². The van der Waals surface area contributed by atoms with Gasteiger partial charge in [-0.15, -0.1) is 0 Å². The highest BCUT2D eigenvalue weighted by atomic mass is 16.7. The van der Waals surface area contributed by atoms with Gasteiger partial charge >= 0.3 is 12.1 Å². The maximum absolute atomic E-state index is 10.5. The predicted octanol–water partition coefficient (Wildman–Crippen LogP) is 6.82. The SMILES string of the molecule is CCCCCC(=O)OC.CCCCOC(=O)OC.Cc1nc(-c2ccc(C)c3ccccc23)no1. The van der Waals surface area contributed by atoms with Crippen molar-refractivity contribution in [3.05, 3.63) is 47.9 Å². The zero-order chi connectivity index (χ0) is 26.1. The molecule has 8 nitrogen and oxygen atoms in total. The molecule has 1 aromatic heterocycles. The molecule has 1 heterocycles. The maximum atomic E-state index is 10.5. The van der Waals surface area contributed by atoms with E-state index >= 15 is 0 Å². The summed E-state index contributed by atoms with van der Waals surface area (Å²) in [6.07, 6.45) is 5.13. The summed E-state index contributed by atoms with van der Waals surface area (Å²) in [5.74, 6) is 1.15. The number of carbonyl (C=O) groups excluding carboxylic acids is 2. The summed E-state index contributed by atoms with van der Waals surface area (Å²) in [6, 6.07) is 12.4. The van der Waals surface area contributed by atoms with Crippen molar-refractivity contribution in [1.82, 2.24) is 10.1 Å². The van der Waals surface area contributed by atoms with Gasteiger partial charge in [0.25, 0.3) is 0 Å². The summed E-state index contributed by atoms with van der Waals surface area (Å²) in [5.41, 5.74) is 2.27. The van der Waals surface area contributed by atoms with Crippen LogP contribution in [0.25, 0.3) is 22.2 Å². The number of aromatic nitrogens is 2. The molecule has 0 spiro atoms. The number of fused-ring (bicyclic) bond motifs is 1. The summed E-state index contributed by atoms with van der Waals surface area (Å²) in [5, 5.41) is 6.37. The fourth-order valence-corrected chi connectivity index (χ4v) is 3.03. The van der Waals surface area contributed by atoms with E-state index in [0.717, 1.165) is 43.1 Å². The molecular formula is C27H38N2O6. The van der Waals surface area contributed by atoms with Crippen molar-refractivity contribution in [2.75, 3.05) is 20.8 Å². The summed E-state index contributed by atoms with van der Waals surface area (Å²) in [4.78, 5) is 25.0. The number of aryl methyl sites for hydroxylation is 2. The van der Waals surface area contributed by atoms with Crippen LogP contribution in [0.1, 0.15) is 63.8 Å². The van der Waals surface area contributed by atoms with Gasteiger partial charge < -0.3 is 18.7 Å². The first kappa shape index (κ1) is 29.6. The van der Waals surface area contributed by atoms with Gasteiger partial charge in [-0.1, -0.05) is 74.7 Å². The van der Waals surface area contributed by atoms with E-state index in [1.54, 1.807) is 6.92 Å². The van der Waals surface area contributed by atoms with Gasteiger partial charge in [0, 0.05) is 18.9 Å². The summed E-state index contributed by atoms with van der Waals surface area (Å²) in [6.45, 7) is 8.50. The number of carbonyl (C=O) groups is 2. The third kappa shape index (κ3) is 11.0. The average Bonchev–Trinajstić information content (AvgIpc) is 3.31. The van der Waals surface area contributed by atoms with E-state index in [4.69, 9.17) is 4.52 Å². The van der Waals surface area contributed by atoms with Crippen molar-refractivity contribution in [2.24, 2.45) is 0 Å². The Morgan fingerprint density at radius 2 is 1.57 bits per heavy atom. The molecule has 0 saturated carbocycles. The Bertz CT molecular complexity index is 1010. The van der Waals surface area contributed by atoms with Gasteiger partial charge in [0.1, 0.15) is 0 Å². The predicted molar refractivity (Wildman–Crippen MR) is 136 cm³/mol. The highest BCUT2D eigenvalue weighted by Crippen LogP contribution is 2.28. The van der Waals surface area contributed by atoms with Crippen LogP contribution in [-0.2, 0) is 19.0 Å². The smallest absolute Gasteiger partial charge is 0.469 e. The molecule has 3 rings (SSSR count). The number of hydrogen-bond acceptors (Lipinski definition) is 8. The minimum absolute atomic E-state index is 0.0940. The van der Waals surface area contributed by atoms with Gasteiger partial charge in [0.15, 0.2) is 0 Å². The molecule has 2 aromatic carbocycles. The van der Waals surface area contributed by atoms with Crippen LogP contribution >= 0.6 is 0 Å². The lowest BCUT2D eigenvalue weighted by Gasteiger charge is -2.05. The molecule has 3 aromatic rings. The fourth-order valence-electron chi connectivity index (χ4n) is 3.03. The van der Waals surface area contributed by atoms with E-state index in [1.807, 2.05) is 25.1 Å². The Morgan fingerprint density at radius 1 is 0.886 bits per heavy atom. The van der Waals surface area contributed by atoms with Gasteiger partial charge in [-0.3, -0.25) is 4.79 Å². The van der Waals surface area contributed by atoms with Crippen LogP contribution in [-0.4, -0.2) is 43.1 Å². The third-order valence-electron chi connectivity index (χ3n) is 5.01. The number of hydrogen-bond donors (Lipinski definition) is 0. The van der Waals surface area contributed by atoms with Crippen LogP contribution in [0.4, 0.5) is 4.79 Å². The van der Waals surface area contributed by atoms with Crippen molar-refractivity contribution in [1.29, 1.82) is 0 Å². The Morgan fingerprint density at radius 3 is 2.14 bits per heavy atom. The van der Waals surface area contributed by atoms with Crippen LogP contribution in [0.3, 0.4) is 0 Å². The van der Waals surface area contributed by atoms with Crippen LogP contribution in [0, 0.1) is 13.8 Å². The molecule has 0 aliphatic rings. The van der Waals surface area contributed by atoms with Crippen molar-refractivity contribution >= 4 is 22.9 Å². The zero-order valence-corrected chi connectivity index (χ0v) is 21.8. The van der Waals surface area contributed by atoms with Crippen molar-refractivity contribution in [3.8, 4) is 11.4 Å². The Kier molecular flexibility index (Phi) is 14.5. The number of benzene rings is 2. The summed E-state index contributed by atoms with van der Waals surface area (Å²) in [7, 11) is 2.72. The van der Waals surface area contributed by atoms with Crippen LogP contribution < -0.4 is 0 Å². The van der Waals surface area contributed by atoms with E-state index in [0.29, 0.717) is 24.7 Å². The molecule has 8 heteroatoms. The molecule has 0 aliphatic heterocycles. The lowest BCUT2D eigenvalue weighted by Crippen LogP contribution is -2.04. The molecule has 0 amide bonds. The summed E-state index contributed by atoms with van der Waals surface area (Å²) < 4.78 is 18.3. The van der Waals surface area contributed by atoms with E-state index in [1.165, 1.54) is 25.2 Å². The van der Waals surface area contributed by atoms with E-state index in [2.05, 4.69) is 56.4 Å². The highest BCUT2D eigenvalue weighted by molar-refractivity contribution is 5.96. The molecule has 0 atom stereocenters. The van der Waals surface area contributed by atoms with Gasteiger partial charge in [0.2, 0.25) is 11.7 Å². The Hall–Kier alpha value is -3.42. The van der Waals surface area contributed by atoms with Gasteiger partial charge in [-0.05, 0) is 36.1 Å². The van der Waals surface area contributed by atoms with Gasteiger partial charge in [-0.25, -0.2) is 4.79 Å². The zero-order valence-electron chi connectivity index (χ0n) is 21.8. The molecule has 192 valence electrons. The molecular weight excluding hydrogens is 448 g/mol. The fraction of sp³-hybridized carbons (Fsp3) is 0.481. The minimum atomic E-state index is -0.594. The van der Waals surface area contributed by atoms with Crippen molar-refractivity contribution in [3.63, 3.8) is 0 Å². The molecule has 0 aliphatic carbocycles. The monoisotopic (exact) mass is 486 g/mol. The Balaban J connectivity index is 0.000000292. The first-order valence-corrected chi connectivity index (χ1v) is 11.9. The van der Waals surface area contributed by atoms with Gasteiger partial charge in [0.05, 0.1) is 20.8 Å². The summed E-state index contributed by atoms with van der Waals surface area (Å²) >= 11 is 0. The van der Waals surface area contributed by atoms with E-state index in [9.17, 15) is 9.59 Å². The number of nitrogens with zero attached hydrogens (tertiary/aromatic N) is 2. The molecule has 0 unspecified atom stereocenters. The molecule has 0 radical (unpaired) electrons. The topological polar surface area (TPSA) is 101 Å². The van der Waals surface area contributed by atoms with Gasteiger partial charge in [-0.2, -0.15) is 4.98 Å². The Labute approximate surface area is 208 Å². The number of rotatable bonds is 8. The molecule has 0 saturated heterocycles. The second-order valence-electron chi connectivity index (χ2n) is 7.80. The molecule has 0 fully saturated rings. The van der Waals surface area contributed by atoms with Crippen LogP contribution in [0.5, 0.6) is 0 Å². The van der Waals surface area contributed by atoms with E-state index in [-0.39, 0.29) is 5.97 Å². The third-order valence-corrected chi connectivity index (χ3v) is 5.01. The highest BCUT2D eigenvalue weighted by Gasteiger charge is 2.10.